The summed E-state index contributed by atoms with van der Waals surface area (Å²) in [5.41, 5.74) is 0. The van der Waals surface area contributed by atoms with Crippen molar-refractivity contribution < 1.29 is 28.6 Å². The molecule has 0 aromatic rings. The molecule has 0 rings (SSSR count). The molecule has 0 N–H and O–H groups in total. The average Bonchev–Trinajstić information content (AvgIpc) is 3.34. The summed E-state index contributed by atoms with van der Waals surface area (Å²) in [5.74, 6) is -1.12. The van der Waals surface area contributed by atoms with Crippen LogP contribution in [-0.4, -0.2) is 37.2 Å². The Labute approximate surface area is 417 Å². The topological polar surface area (TPSA) is 78.9 Å². The summed E-state index contributed by atoms with van der Waals surface area (Å²) >= 11 is 0. The third-order valence-electron chi connectivity index (χ3n) is 10.6. The first kappa shape index (κ1) is 63.3. The lowest BCUT2D eigenvalue weighted by molar-refractivity contribution is -0.166. The molecule has 0 saturated heterocycles. The van der Waals surface area contributed by atoms with Crippen molar-refractivity contribution in [3.8, 4) is 0 Å². The van der Waals surface area contributed by atoms with Gasteiger partial charge in [0.05, 0.1) is 0 Å². The Kier molecular flexibility index (Phi) is 51.1. The first-order chi connectivity index (χ1) is 33.5. The van der Waals surface area contributed by atoms with Gasteiger partial charge in [0.15, 0.2) is 6.10 Å². The van der Waals surface area contributed by atoms with Crippen LogP contribution < -0.4 is 0 Å². The van der Waals surface area contributed by atoms with E-state index in [0.29, 0.717) is 12.8 Å². The van der Waals surface area contributed by atoms with Gasteiger partial charge in [-0.05, 0) is 116 Å². The van der Waals surface area contributed by atoms with E-state index in [1.165, 1.54) is 51.4 Å². The van der Waals surface area contributed by atoms with Crippen LogP contribution in [0.15, 0.2) is 146 Å². The van der Waals surface area contributed by atoms with Gasteiger partial charge >= 0.3 is 17.9 Å². The second-order valence-corrected chi connectivity index (χ2v) is 17.0. The zero-order chi connectivity index (χ0) is 49.3. The van der Waals surface area contributed by atoms with Gasteiger partial charge in [-0.2, -0.15) is 0 Å². The molecular weight excluding hydrogens is 841 g/mol. The predicted molar refractivity (Wildman–Crippen MR) is 292 cm³/mol. The molecule has 6 heteroatoms. The molecule has 6 nitrogen and oxygen atoms in total. The van der Waals surface area contributed by atoms with E-state index < -0.39 is 6.10 Å². The largest absolute Gasteiger partial charge is 0.462 e. The molecule has 0 aliphatic rings. The molecular formula is C62H96O6. The Hall–Kier alpha value is -4.71. The molecule has 0 aromatic heterocycles. The van der Waals surface area contributed by atoms with Crippen LogP contribution in [0.1, 0.15) is 207 Å². The predicted octanol–water partition coefficient (Wildman–Crippen LogP) is 18.0. The van der Waals surface area contributed by atoms with Crippen LogP contribution in [0.25, 0.3) is 0 Å². The van der Waals surface area contributed by atoms with Crippen LogP contribution in [0.4, 0.5) is 0 Å². The fraction of sp³-hybridized carbons (Fsp3) is 0.565. The number of allylic oxidation sites excluding steroid dienone is 24. The molecule has 0 fully saturated rings. The highest BCUT2D eigenvalue weighted by molar-refractivity contribution is 5.71. The Morgan fingerprint density at radius 2 is 0.603 bits per heavy atom. The Balaban J connectivity index is 4.60. The number of carbonyl (C=O) groups excluding carboxylic acids is 3. The van der Waals surface area contributed by atoms with Crippen LogP contribution >= 0.6 is 0 Å². The van der Waals surface area contributed by atoms with Crippen LogP contribution in [-0.2, 0) is 28.6 Å². The van der Waals surface area contributed by atoms with Crippen molar-refractivity contribution in [3.05, 3.63) is 146 Å². The summed E-state index contributed by atoms with van der Waals surface area (Å²) in [4.78, 5) is 38.0. The number of ether oxygens (including phenoxy) is 3. The highest BCUT2D eigenvalue weighted by Gasteiger charge is 2.19. The number of carbonyl (C=O) groups is 3. The average molecular weight is 937 g/mol. The van der Waals surface area contributed by atoms with Gasteiger partial charge in [-0.25, -0.2) is 0 Å². The summed E-state index contributed by atoms with van der Waals surface area (Å²) in [7, 11) is 0. The molecule has 0 aliphatic heterocycles. The van der Waals surface area contributed by atoms with E-state index >= 15 is 0 Å². The van der Waals surface area contributed by atoms with Crippen LogP contribution in [0.3, 0.4) is 0 Å². The van der Waals surface area contributed by atoms with Gasteiger partial charge in [0.2, 0.25) is 0 Å². The standard InChI is InChI=1S/C62H96O6/c1-4-7-10-13-16-19-22-25-27-29-31-33-34-37-40-43-46-49-52-55-61(64)67-58-59(57-66-60(63)54-51-48-45-42-39-36-24-21-18-15-12-9-6-3)68-62(65)56-53-50-47-44-41-38-35-32-30-28-26-23-20-17-14-11-8-5-2/h7,9-10,12,16,18-21,23,25,27-28,30-31,33,36-37,39-40,45-46,48-49,59H,4-6,8,11,13-15,17,22,24,26,29,32,34-35,38,41-44,47,50-58H2,1-3H3/b10-7-,12-9-,19-16-,21-18-,23-20-,27-25-,30-28-,33-31-,39-36-,40-37-,48-45-,49-46-. The van der Waals surface area contributed by atoms with Crippen molar-refractivity contribution in [1.82, 2.24) is 0 Å². The molecule has 0 saturated carbocycles. The third-order valence-corrected chi connectivity index (χ3v) is 10.6. The third kappa shape index (κ3) is 52.3. The SMILES string of the molecule is CC/C=C\C/C=C\C/C=C\C/C=C\C/C=C\C/C=C\CCC(=O)OCC(COC(=O)CC/C=C\C/C=C\C/C=C\C/C=C\CC)OC(=O)CCCCCCCCC/C=C\C/C=C\CCCCCC. The monoisotopic (exact) mass is 937 g/mol. The Morgan fingerprint density at radius 1 is 0.309 bits per heavy atom. The number of esters is 3. The van der Waals surface area contributed by atoms with Crippen molar-refractivity contribution in [3.63, 3.8) is 0 Å². The molecule has 380 valence electrons. The minimum atomic E-state index is -0.848. The van der Waals surface area contributed by atoms with Gasteiger partial charge in [0.25, 0.3) is 0 Å². The highest BCUT2D eigenvalue weighted by atomic mass is 16.6. The van der Waals surface area contributed by atoms with E-state index in [0.717, 1.165) is 103 Å². The smallest absolute Gasteiger partial charge is 0.306 e. The molecule has 0 radical (unpaired) electrons. The molecule has 1 atom stereocenters. The lowest BCUT2D eigenvalue weighted by Crippen LogP contribution is -2.30. The zero-order valence-electron chi connectivity index (χ0n) is 43.3. The van der Waals surface area contributed by atoms with E-state index in [4.69, 9.17) is 14.2 Å². The first-order valence-corrected chi connectivity index (χ1v) is 26.8. The lowest BCUT2D eigenvalue weighted by Gasteiger charge is -2.18. The molecule has 0 spiro atoms. The highest BCUT2D eigenvalue weighted by Crippen LogP contribution is 2.12. The molecule has 1 unspecified atom stereocenters. The first-order valence-electron chi connectivity index (χ1n) is 26.8. The maximum atomic E-state index is 12.8. The minimum absolute atomic E-state index is 0.149. The maximum Gasteiger partial charge on any atom is 0.306 e. The normalized spacial score (nSPS) is 13.3. The van der Waals surface area contributed by atoms with Gasteiger partial charge in [-0.1, -0.05) is 218 Å². The molecule has 0 heterocycles. The summed E-state index contributed by atoms with van der Waals surface area (Å²) in [6, 6.07) is 0. The summed E-state index contributed by atoms with van der Waals surface area (Å²) in [6.07, 6.45) is 78.6. The van der Waals surface area contributed by atoms with Gasteiger partial charge in [0, 0.05) is 19.3 Å². The number of hydrogen-bond donors (Lipinski definition) is 0. The summed E-state index contributed by atoms with van der Waals surface area (Å²) < 4.78 is 16.7. The van der Waals surface area contributed by atoms with Gasteiger partial charge < -0.3 is 14.2 Å². The van der Waals surface area contributed by atoms with Crippen molar-refractivity contribution in [2.24, 2.45) is 0 Å². The van der Waals surface area contributed by atoms with Crippen molar-refractivity contribution >= 4 is 17.9 Å². The van der Waals surface area contributed by atoms with Gasteiger partial charge in [-0.15, -0.1) is 0 Å². The summed E-state index contributed by atoms with van der Waals surface area (Å²) in [5, 5.41) is 0. The van der Waals surface area contributed by atoms with Crippen molar-refractivity contribution in [2.75, 3.05) is 13.2 Å². The minimum Gasteiger partial charge on any atom is -0.462 e. The Bertz CT molecular complexity index is 1540. The number of hydrogen-bond acceptors (Lipinski definition) is 6. The molecule has 0 aliphatic carbocycles. The molecule has 68 heavy (non-hydrogen) atoms. The quantitative estimate of drug-likeness (QED) is 0.0262. The van der Waals surface area contributed by atoms with Crippen LogP contribution in [0.2, 0.25) is 0 Å². The van der Waals surface area contributed by atoms with Crippen molar-refractivity contribution in [2.45, 2.75) is 213 Å². The number of unbranched alkanes of at least 4 members (excludes halogenated alkanes) is 11. The van der Waals surface area contributed by atoms with Gasteiger partial charge in [0.1, 0.15) is 13.2 Å². The van der Waals surface area contributed by atoms with E-state index in [9.17, 15) is 14.4 Å². The zero-order valence-corrected chi connectivity index (χ0v) is 43.3. The second-order valence-electron chi connectivity index (χ2n) is 17.0. The molecule has 0 bridgehead atoms. The second kappa shape index (κ2) is 54.9. The summed E-state index contributed by atoms with van der Waals surface area (Å²) in [6.45, 7) is 6.23. The Morgan fingerprint density at radius 3 is 0.956 bits per heavy atom. The van der Waals surface area contributed by atoms with E-state index in [-0.39, 0.29) is 50.4 Å². The van der Waals surface area contributed by atoms with E-state index in [2.05, 4.69) is 142 Å². The molecule has 0 amide bonds. The van der Waals surface area contributed by atoms with Crippen LogP contribution in [0, 0.1) is 0 Å². The lowest BCUT2D eigenvalue weighted by atomic mass is 10.1. The fourth-order valence-electron chi connectivity index (χ4n) is 6.63. The maximum absolute atomic E-state index is 12.8. The van der Waals surface area contributed by atoms with Crippen molar-refractivity contribution in [1.29, 1.82) is 0 Å². The number of rotatable bonds is 46. The fourth-order valence-corrected chi connectivity index (χ4v) is 6.63. The van der Waals surface area contributed by atoms with E-state index in [1.807, 2.05) is 24.3 Å². The van der Waals surface area contributed by atoms with E-state index in [1.54, 1.807) is 0 Å². The van der Waals surface area contributed by atoms with Crippen LogP contribution in [0.5, 0.6) is 0 Å². The van der Waals surface area contributed by atoms with Gasteiger partial charge in [-0.3, -0.25) is 14.4 Å². The molecule has 0 aromatic carbocycles.